The third-order valence-corrected chi connectivity index (χ3v) is 9.28. The number of carbonyl (C=O) groups excluding carboxylic acids is 1. The van der Waals surface area contributed by atoms with Crippen LogP contribution in [0.2, 0.25) is 0 Å². The molecular weight excluding hydrogens is 500 g/mol. The van der Waals surface area contributed by atoms with E-state index < -0.39 is 15.1 Å². The van der Waals surface area contributed by atoms with Crippen LogP contribution < -0.4 is 5.32 Å². The molecule has 0 bridgehead atoms. The fraction of sp³-hybridized carbons (Fsp3) is 0.545. The molecule has 0 unspecified atom stereocenters. The summed E-state index contributed by atoms with van der Waals surface area (Å²) in [5, 5.41) is 3.46. The van der Waals surface area contributed by atoms with E-state index in [-0.39, 0.29) is 18.2 Å². The first-order valence-electron chi connectivity index (χ1n) is 10.5. The van der Waals surface area contributed by atoms with E-state index in [0.29, 0.717) is 16.4 Å². The standard InChI is InChI=1S/C22H29BrN2O4S2/c1-13(2)29-22(26)25-17-8-5-15(6-9-17)21-24-12-19(30-21)18-10-7-16(23)11-20(18)31(27,28)14(3)4/h7,10-15,17H,5-6,8-9H2,1-4H3,(H,25,26)/t15-,17-. The summed E-state index contributed by atoms with van der Waals surface area (Å²) in [5.41, 5.74) is 0.701. The summed E-state index contributed by atoms with van der Waals surface area (Å²) in [4.78, 5) is 17.7. The van der Waals surface area contributed by atoms with E-state index in [1.54, 1.807) is 37.4 Å². The molecule has 1 aromatic carbocycles. The molecule has 1 aliphatic carbocycles. The van der Waals surface area contributed by atoms with E-state index in [9.17, 15) is 13.2 Å². The highest BCUT2D eigenvalue weighted by Crippen LogP contribution is 2.40. The molecule has 0 saturated heterocycles. The summed E-state index contributed by atoms with van der Waals surface area (Å²) in [7, 11) is -3.42. The Kier molecular flexibility index (Phi) is 7.81. The van der Waals surface area contributed by atoms with Crippen LogP contribution in [0, 0.1) is 0 Å². The largest absolute Gasteiger partial charge is 0.447 e. The van der Waals surface area contributed by atoms with E-state index in [0.717, 1.165) is 40.0 Å². The Labute approximate surface area is 196 Å². The molecule has 31 heavy (non-hydrogen) atoms. The summed E-state index contributed by atoms with van der Waals surface area (Å²) in [6, 6.07) is 5.51. The molecule has 170 valence electrons. The molecule has 1 aliphatic rings. The molecule has 0 atom stereocenters. The smallest absolute Gasteiger partial charge is 0.407 e. The van der Waals surface area contributed by atoms with Gasteiger partial charge in [0.25, 0.3) is 0 Å². The van der Waals surface area contributed by atoms with Crippen molar-refractivity contribution < 1.29 is 17.9 Å². The van der Waals surface area contributed by atoms with Gasteiger partial charge >= 0.3 is 6.09 Å². The minimum atomic E-state index is -3.42. The highest BCUT2D eigenvalue weighted by Gasteiger charge is 2.28. The Balaban J connectivity index is 1.73. The Hall–Kier alpha value is -1.45. The van der Waals surface area contributed by atoms with E-state index in [1.165, 1.54) is 0 Å². The lowest BCUT2D eigenvalue weighted by molar-refractivity contribution is 0.109. The monoisotopic (exact) mass is 528 g/mol. The lowest BCUT2D eigenvalue weighted by Gasteiger charge is -2.28. The zero-order chi connectivity index (χ0) is 22.8. The van der Waals surface area contributed by atoms with E-state index in [1.807, 2.05) is 26.0 Å². The number of carbonyl (C=O) groups is 1. The van der Waals surface area contributed by atoms with E-state index in [2.05, 4.69) is 26.2 Å². The lowest BCUT2D eigenvalue weighted by Crippen LogP contribution is -2.38. The van der Waals surface area contributed by atoms with Crippen LogP contribution in [0.4, 0.5) is 4.79 Å². The third kappa shape index (κ3) is 5.87. The molecule has 1 saturated carbocycles. The van der Waals surface area contributed by atoms with Crippen LogP contribution >= 0.6 is 27.3 Å². The highest BCUT2D eigenvalue weighted by atomic mass is 79.9. The predicted octanol–water partition coefficient (Wildman–Crippen LogP) is 5.92. The number of rotatable bonds is 6. The third-order valence-electron chi connectivity index (χ3n) is 5.40. The van der Waals surface area contributed by atoms with Crippen molar-refractivity contribution in [2.45, 2.75) is 81.6 Å². The van der Waals surface area contributed by atoms with Gasteiger partial charge in [-0.1, -0.05) is 22.0 Å². The summed E-state index contributed by atoms with van der Waals surface area (Å²) in [5.74, 6) is 0.318. The second kappa shape index (κ2) is 10.0. The molecule has 1 heterocycles. The number of hydrogen-bond donors (Lipinski definition) is 1. The van der Waals surface area contributed by atoms with Gasteiger partial charge in [-0.2, -0.15) is 0 Å². The Morgan fingerprint density at radius 3 is 2.48 bits per heavy atom. The molecule has 3 rings (SSSR count). The first-order chi connectivity index (χ1) is 14.6. The van der Waals surface area contributed by atoms with Crippen molar-refractivity contribution >= 4 is 43.2 Å². The minimum Gasteiger partial charge on any atom is -0.447 e. The van der Waals surface area contributed by atoms with Crippen molar-refractivity contribution in [1.29, 1.82) is 0 Å². The summed E-state index contributed by atoms with van der Waals surface area (Å²) < 4.78 is 31.7. The average Bonchev–Trinajstić information content (AvgIpc) is 3.17. The highest BCUT2D eigenvalue weighted by molar-refractivity contribution is 9.10. The number of amides is 1. The number of ether oxygens (including phenoxy) is 1. The normalized spacial score (nSPS) is 19.6. The number of alkyl carbamates (subject to hydrolysis) is 1. The quantitative estimate of drug-likeness (QED) is 0.503. The molecule has 1 aromatic heterocycles. The van der Waals surface area contributed by atoms with E-state index >= 15 is 0 Å². The second-order valence-corrected chi connectivity index (χ2v) is 12.9. The van der Waals surface area contributed by atoms with Gasteiger partial charge in [-0.25, -0.2) is 18.2 Å². The number of nitrogens with zero attached hydrogens (tertiary/aromatic N) is 1. The fourth-order valence-electron chi connectivity index (χ4n) is 3.69. The zero-order valence-electron chi connectivity index (χ0n) is 18.2. The molecule has 1 N–H and O–H groups in total. The van der Waals surface area contributed by atoms with Crippen LogP contribution in [0.5, 0.6) is 0 Å². The Morgan fingerprint density at radius 1 is 1.19 bits per heavy atom. The van der Waals surface area contributed by atoms with Gasteiger partial charge in [-0.05, 0) is 65.5 Å². The van der Waals surface area contributed by atoms with Gasteiger partial charge in [0, 0.05) is 28.2 Å². The van der Waals surface area contributed by atoms with Gasteiger partial charge in [-0.3, -0.25) is 0 Å². The SMILES string of the molecule is CC(C)OC(=O)N[C@H]1CC[C@H](c2ncc(-c3ccc(Br)cc3S(=O)(=O)C(C)C)s2)CC1. The molecule has 1 amide bonds. The van der Waals surface area contributed by atoms with Crippen molar-refractivity contribution in [3.05, 3.63) is 33.9 Å². The van der Waals surface area contributed by atoms with E-state index in [4.69, 9.17) is 4.74 Å². The van der Waals surface area contributed by atoms with Crippen molar-refractivity contribution in [2.75, 3.05) is 0 Å². The van der Waals surface area contributed by atoms with Crippen LogP contribution in [0.25, 0.3) is 10.4 Å². The summed E-state index contributed by atoms with van der Waals surface area (Å²) >= 11 is 4.96. The van der Waals surface area contributed by atoms with Gasteiger partial charge in [0.05, 0.1) is 26.1 Å². The Bertz CT molecular complexity index is 1030. The number of thiazole rings is 1. The van der Waals surface area contributed by atoms with Crippen LogP contribution in [-0.2, 0) is 14.6 Å². The number of sulfone groups is 1. The lowest BCUT2D eigenvalue weighted by atomic mass is 9.86. The van der Waals surface area contributed by atoms with Crippen molar-refractivity contribution in [2.24, 2.45) is 0 Å². The van der Waals surface area contributed by atoms with Gasteiger partial charge < -0.3 is 10.1 Å². The van der Waals surface area contributed by atoms with Crippen LogP contribution in [-0.4, -0.2) is 36.9 Å². The van der Waals surface area contributed by atoms with Crippen molar-refractivity contribution in [3.63, 3.8) is 0 Å². The minimum absolute atomic E-state index is 0.121. The molecule has 0 aliphatic heterocycles. The maximum absolute atomic E-state index is 12.9. The van der Waals surface area contributed by atoms with Gasteiger partial charge in [0.2, 0.25) is 0 Å². The van der Waals surface area contributed by atoms with Gasteiger partial charge in [0.15, 0.2) is 9.84 Å². The molecule has 0 spiro atoms. The maximum Gasteiger partial charge on any atom is 0.407 e. The second-order valence-electron chi connectivity index (χ2n) is 8.44. The number of hydrogen-bond acceptors (Lipinski definition) is 6. The Morgan fingerprint density at radius 2 is 1.87 bits per heavy atom. The molecule has 0 radical (unpaired) electrons. The number of benzene rings is 1. The molecule has 1 fully saturated rings. The van der Waals surface area contributed by atoms with Crippen LogP contribution in [0.3, 0.4) is 0 Å². The summed E-state index contributed by atoms with van der Waals surface area (Å²) in [6.07, 6.45) is 4.90. The molecule has 2 aromatic rings. The first-order valence-corrected chi connectivity index (χ1v) is 13.7. The number of aromatic nitrogens is 1. The van der Waals surface area contributed by atoms with Crippen molar-refractivity contribution in [3.8, 4) is 10.4 Å². The topological polar surface area (TPSA) is 85.4 Å². The number of halogens is 1. The molecule has 9 heteroatoms. The average molecular weight is 530 g/mol. The molecule has 6 nitrogen and oxygen atoms in total. The first kappa shape index (κ1) is 24.2. The zero-order valence-corrected chi connectivity index (χ0v) is 21.4. The maximum atomic E-state index is 12.9. The van der Waals surface area contributed by atoms with Crippen molar-refractivity contribution in [1.82, 2.24) is 10.3 Å². The fourth-order valence-corrected chi connectivity index (χ4v) is 6.68. The van der Waals surface area contributed by atoms with Crippen LogP contribution in [0.1, 0.15) is 64.3 Å². The predicted molar refractivity (Wildman–Crippen MR) is 127 cm³/mol. The van der Waals surface area contributed by atoms with Crippen LogP contribution in [0.15, 0.2) is 33.8 Å². The van der Waals surface area contributed by atoms with Gasteiger partial charge in [0.1, 0.15) is 0 Å². The summed E-state index contributed by atoms with van der Waals surface area (Å²) in [6.45, 7) is 7.06. The van der Waals surface area contributed by atoms with Gasteiger partial charge in [-0.15, -0.1) is 11.3 Å². The molecular formula is C22H29BrN2O4S2. The number of nitrogens with one attached hydrogen (secondary N) is 1.